The lowest BCUT2D eigenvalue weighted by Crippen LogP contribution is -2.39. The largest absolute Gasteiger partial charge is 0.337 e. The second-order valence-corrected chi connectivity index (χ2v) is 6.86. The molecule has 1 atom stereocenters. The van der Waals surface area contributed by atoms with Gasteiger partial charge in [0.15, 0.2) is 0 Å². The Morgan fingerprint density at radius 3 is 2.71 bits per heavy atom. The summed E-state index contributed by atoms with van der Waals surface area (Å²) in [6.07, 6.45) is 1.99. The van der Waals surface area contributed by atoms with Gasteiger partial charge in [-0.05, 0) is 47.9 Å². The molecule has 0 N–H and O–H groups in total. The molecule has 0 unspecified atom stereocenters. The Hall–Kier alpha value is -3.16. The molecular weight excluding hydrogens is 364 g/mol. The Balaban J connectivity index is 1.42. The van der Waals surface area contributed by atoms with Crippen molar-refractivity contribution in [2.75, 3.05) is 6.54 Å². The molecule has 6 nitrogen and oxygen atoms in total. The van der Waals surface area contributed by atoms with Crippen LogP contribution in [0, 0.1) is 11.6 Å². The van der Waals surface area contributed by atoms with Gasteiger partial charge in [0.25, 0.3) is 0 Å². The molecule has 1 aliphatic rings. The fourth-order valence-electron chi connectivity index (χ4n) is 3.48. The van der Waals surface area contributed by atoms with Gasteiger partial charge in [-0.2, -0.15) is 4.80 Å². The van der Waals surface area contributed by atoms with Gasteiger partial charge in [-0.3, -0.25) is 4.79 Å². The minimum atomic E-state index is -0.359. The van der Waals surface area contributed by atoms with E-state index in [4.69, 9.17) is 0 Å². The number of aromatic nitrogens is 4. The lowest BCUT2D eigenvalue weighted by atomic mass is 10.1. The standard InChI is InChI=1S/C20H19F2N5O/c21-16-8-6-14(7-9-16)11-19(28)26-10-2-5-18(26)13-27-24-20(23-25-27)15-3-1-4-17(22)12-15/h1,3-4,6-9,12,18H,2,5,10-11,13H2/t18-/m1/s1. The molecule has 4 rings (SSSR count). The van der Waals surface area contributed by atoms with Gasteiger partial charge >= 0.3 is 0 Å². The fourth-order valence-corrected chi connectivity index (χ4v) is 3.48. The zero-order valence-electron chi connectivity index (χ0n) is 15.1. The molecule has 1 amide bonds. The van der Waals surface area contributed by atoms with Crippen molar-refractivity contribution in [3.8, 4) is 11.4 Å². The van der Waals surface area contributed by atoms with Gasteiger partial charge in [-0.25, -0.2) is 8.78 Å². The summed E-state index contributed by atoms with van der Waals surface area (Å²) in [6.45, 7) is 1.10. The quantitative estimate of drug-likeness (QED) is 0.680. The van der Waals surface area contributed by atoms with Crippen LogP contribution in [0.15, 0.2) is 48.5 Å². The third-order valence-electron chi connectivity index (χ3n) is 4.88. The summed E-state index contributed by atoms with van der Waals surface area (Å²) < 4.78 is 26.4. The summed E-state index contributed by atoms with van der Waals surface area (Å²) in [6, 6.07) is 12.0. The second kappa shape index (κ2) is 7.84. The zero-order valence-corrected chi connectivity index (χ0v) is 15.1. The van der Waals surface area contributed by atoms with Gasteiger partial charge < -0.3 is 4.90 Å². The van der Waals surface area contributed by atoms with Crippen molar-refractivity contribution in [2.24, 2.45) is 0 Å². The summed E-state index contributed by atoms with van der Waals surface area (Å²) >= 11 is 0. The number of benzene rings is 2. The highest BCUT2D eigenvalue weighted by atomic mass is 19.1. The number of likely N-dealkylation sites (tertiary alicyclic amines) is 1. The smallest absolute Gasteiger partial charge is 0.227 e. The summed E-state index contributed by atoms with van der Waals surface area (Å²) in [5, 5.41) is 12.4. The van der Waals surface area contributed by atoms with E-state index in [1.54, 1.807) is 24.3 Å². The summed E-state index contributed by atoms with van der Waals surface area (Å²) in [5.74, 6) is -0.329. The topological polar surface area (TPSA) is 63.9 Å². The van der Waals surface area contributed by atoms with E-state index in [0.717, 1.165) is 18.4 Å². The lowest BCUT2D eigenvalue weighted by molar-refractivity contribution is -0.131. The number of tetrazole rings is 1. The van der Waals surface area contributed by atoms with Crippen LogP contribution >= 0.6 is 0 Å². The summed E-state index contributed by atoms with van der Waals surface area (Å²) in [5.41, 5.74) is 1.34. The van der Waals surface area contributed by atoms with E-state index in [1.807, 2.05) is 4.90 Å². The number of carbonyl (C=O) groups is 1. The number of nitrogens with zero attached hydrogens (tertiary/aromatic N) is 5. The van der Waals surface area contributed by atoms with Crippen molar-refractivity contribution in [1.82, 2.24) is 25.1 Å². The van der Waals surface area contributed by atoms with Crippen LogP contribution < -0.4 is 0 Å². The average Bonchev–Trinajstić information content (AvgIpc) is 3.34. The van der Waals surface area contributed by atoms with E-state index < -0.39 is 0 Å². The Labute approximate surface area is 160 Å². The molecule has 1 saturated heterocycles. The number of hydrogen-bond donors (Lipinski definition) is 0. The van der Waals surface area contributed by atoms with Crippen LogP contribution in [0.25, 0.3) is 11.4 Å². The summed E-state index contributed by atoms with van der Waals surface area (Å²) in [7, 11) is 0. The molecule has 8 heteroatoms. The average molecular weight is 383 g/mol. The van der Waals surface area contributed by atoms with Gasteiger partial charge in [0.1, 0.15) is 11.6 Å². The van der Waals surface area contributed by atoms with Crippen LogP contribution in [0.5, 0.6) is 0 Å². The molecule has 1 aromatic heterocycles. The van der Waals surface area contributed by atoms with Crippen LogP contribution in [-0.4, -0.2) is 43.6 Å². The van der Waals surface area contributed by atoms with Crippen molar-refractivity contribution in [2.45, 2.75) is 31.8 Å². The maximum absolute atomic E-state index is 13.4. The van der Waals surface area contributed by atoms with Crippen molar-refractivity contribution in [1.29, 1.82) is 0 Å². The van der Waals surface area contributed by atoms with Crippen LogP contribution in [0.3, 0.4) is 0 Å². The predicted octanol–water partition coefficient (Wildman–Crippen LogP) is 2.85. The van der Waals surface area contributed by atoms with Gasteiger partial charge in [-0.15, -0.1) is 10.2 Å². The number of halogens is 2. The molecule has 28 heavy (non-hydrogen) atoms. The van der Waals surface area contributed by atoms with Gasteiger partial charge in [-0.1, -0.05) is 24.3 Å². The molecule has 2 heterocycles. The molecule has 0 bridgehead atoms. The predicted molar refractivity (Wildman–Crippen MR) is 98.1 cm³/mol. The monoisotopic (exact) mass is 383 g/mol. The van der Waals surface area contributed by atoms with Crippen LogP contribution in [0.4, 0.5) is 8.78 Å². The van der Waals surface area contributed by atoms with Crippen LogP contribution in [-0.2, 0) is 17.8 Å². The minimum Gasteiger partial charge on any atom is -0.337 e. The lowest BCUT2D eigenvalue weighted by Gasteiger charge is -2.24. The first-order chi connectivity index (χ1) is 13.6. The molecule has 0 aliphatic carbocycles. The minimum absolute atomic E-state index is 0.000391. The van der Waals surface area contributed by atoms with Gasteiger partial charge in [0.2, 0.25) is 11.7 Å². The maximum Gasteiger partial charge on any atom is 0.227 e. The third-order valence-corrected chi connectivity index (χ3v) is 4.88. The van der Waals surface area contributed by atoms with Crippen LogP contribution in [0.2, 0.25) is 0 Å². The van der Waals surface area contributed by atoms with E-state index >= 15 is 0 Å². The molecule has 0 radical (unpaired) electrons. The number of rotatable bonds is 5. The van der Waals surface area contributed by atoms with Crippen molar-refractivity contribution < 1.29 is 13.6 Å². The Kier molecular flexibility index (Phi) is 5.10. The van der Waals surface area contributed by atoms with Crippen LogP contribution in [0.1, 0.15) is 18.4 Å². The first-order valence-corrected chi connectivity index (χ1v) is 9.16. The van der Waals surface area contributed by atoms with Crippen molar-refractivity contribution in [3.63, 3.8) is 0 Å². The Bertz CT molecular complexity index is 973. The van der Waals surface area contributed by atoms with E-state index in [9.17, 15) is 13.6 Å². The normalized spacial score (nSPS) is 16.5. The summed E-state index contributed by atoms with van der Waals surface area (Å²) in [4.78, 5) is 16.0. The molecule has 0 spiro atoms. The number of hydrogen-bond acceptors (Lipinski definition) is 4. The van der Waals surface area contributed by atoms with Gasteiger partial charge in [0.05, 0.1) is 19.0 Å². The SMILES string of the molecule is O=C(Cc1ccc(F)cc1)N1CCC[C@@H]1Cn1nnc(-c2cccc(F)c2)n1. The third kappa shape index (κ3) is 4.05. The highest BCUT2D eigenvalue weighted by molar-refractivity contribution is 5.79. The zero-order chi connectivity index (χ0) is 19.5. The van der Waals surface area contributed by atoms with Crippen molar-refractivity contribution in [3.05, 3.63) is 65.7 Å². The Morgan fingerprint density at radius 1 is 1.11 bits per heavy atom. The number of carbonyl (C=O) groups excluding carboxylic acids is 1. The number of amides is 1. The highest BCUT2D eigenvalue weighted by Crippen LogP contribution is 2.21. The molecule has 144 valence electrons. The fraction of sp³-hybridized carbons (Fsp3) is 0.300. The van der Waals surface area contributed by atoms with E-state index in [0.29, 0.717) is 24.5 Å². The van der Waals surface area contributed by atoms with Crippen molar-refractivity contribution >= 4 is 5.91 Å². The molecule has 1 fully saturated rings. The molecule has 3 aromatic rings. The van der Waals surface area contributed by atoms with E-state index in [-0.39, 0.29) is 30.0 Å². The molecular formula is C20H19F2N5O. The van der Waals surface area contributed by atoms with E-state index in [1.165, 1.54) is 29.1 Å². The molecule has 2 aromatic carbocycles. The first kappa shape index (κ1) is 18.2. The second-order valence-electron chi connectivity index (χ2n) is 6.86. The van der Waals surface area contributed by atoms with E-state index in [2.05, 4.69) is 15.4 Å². The Morgan fingerprint density at radius 2 is 1.93 bits per heavy atom. The maximum atomic E-state index is 13.4. The molecule has 0 saturated carbocycles. The first-order valence-electron chi connectivity index (χ1n) is 9.16. The molecule has 1 aliphatic heterocycles. The van der Waals surface area contributed by atoms with Gasteiger partial charge in [0, 0.05) is 12.1 Å². The highest BCUT2D eigenvalue weighted by Gasteiger charge is 2.29.